The Labute approximate surface area is 106 Å². The number of allylic oxidation sites excluding steroid dienone is 3. The Kier molecular flexibility index (Phi) is 3.24. The minimum Gasteiger partial charge on any atom is -0.508 e. The quantitative estimate of drug-likeness (QED) is 0.859. The van der Waals surface area contributed by atoms with Gasteiger partial charge in [0.2, 0.25) is 0 Å². The van der Waals surface area contributed by atoms with Crippen LogP contribution in [0.4, 0.5) is 4.39 Å². The fourth-order valence-electron chi connectivity index (χ4n) is 2.06. The Bertz CT molecular complexity index is 558. The van der Waals surface area contributed by atoms with Gasteiger partial charge in [0.15, 0.2) is 0 Å². The molecule has 0 amide bonds. The zero-order valence-corrected chi connectivity index (χ0v) is 10.6. The lowest BCUT2D eigenvalue weighted by atomic mass is 10.0. The van der Waals surface area contributed by atoms with Crippen molar-refractivity contribution < 1.29 is 9.50 Å². The number of halogens is 1. The summed E-state index contributed by atoms with van der Waals surface area (Å²) in [5.74, 6) is -0.498. The number of nitrogens with zero attached hydrogens (tertiary/aromatic N) is 1. The minimum atomic E-state index is -0.430. The third-order valence-corrected chi connectivity index (χ3v) is 3.11. The number of hydrogen-bond acceptors (Lipinski definition) is 2. The van der Waals surface area contributed by atoms with Crippen LogP contribution in [0.15, 0.2) is 48.2 Å². The van der Waals surface area contributed by atoms with Crippen molar-refractivity contribution >= 4 is 5.70 Å². The van der Waals surface area contributed by atoms with Gasteiger partial charge in [-0.15, -0.1) is 0 Å². The molecular weight excluding hydrogens is 229 g/mol. The summed E-state index contributed by atoms with van der Waals surface area (Å²) < 4.78 is 13.9. The average molecular weight is 245 g/mol. The maximum absolute atomic E-state index is 13.9. The second-order valence-corrected chi connectivity index (χ2v) is 4.26. The predicted molar refractivity (Wildman–Crippen MR) is 71.3 cm³/mol. The van der Waals surface area contributed by atoms with Crippen molar-refractivity contribution in [2.45, 2.75) is 13.8 Å². The Morgan fingerprint density at radius 3 is 2.67 bits per heavy atom. The minimum absolute atomic E-state index is 0.0683. The van der Waals surface area contributed by atoms with Gasteiger partial charge in [-0.1, -0.05) is 12.7 Å². The van der Waals surface area contributed by atoms with Crippen LogP contribution in [-0.4, -0.2) is 16.6 Å². The number of benzene rings is 1. The average Bonchev–Trinajstić information content (AvgIpc) is 2.33. The van der Waals surface area contributed by atoms with Crippen molar-refractivity contribution in [2.75, 3.05) is 6.54 Å². The highest BCUT2D eigenvalue weighted by Crippen LogP contribution is 2.32. The second-order valence-electron chi connectivity index (χ2n) is 4.26. The largest absolute Gasteiger partial charge is 0.508 e. The molecule has 2 nitrogen and oxygen atoms in total. The van der Waals surface area contributed by atoms with E-state index in [4.69, 9.17) is 0 Å². The summed E-state index contributed by atoms with van der Waals surface area (Å²) in [6, 6.07) is 4.19. The van der Waals surface area contributed by atoms with Crippen LogP contribution in [0.1, 0.15) is 19.4 Å². The van der Waals surface area contributed by atoms with Gasteiger partial charge < -0.3 is 10.0 Å². The van der Waals surface area contributed by atoms with Gasteiger partial charge in [0.1, 0.15) is 11.6 Å². The monoisotopic (exact) mass is 245 g/mol. The highest BCUT2D eigenvalue weighted by molar-refractivity contribution is 5.71. The maximum Gasteiger partial charge on any atom is 0.136 e. The molecule has 0 spiro atoms. The van der Waals surface area contributed by atoms with Crippen LogP contribution >= 0.6 is 0 Å². The number of aromatic hydroxyl groups is 1. The van der Waals surface area contributed by atoms with E-state index >= 15 is 0 Å². The predicted octanol–water partition coefficient (Wildman–Crippen LogP) is 3.67. The molecule has 3 heteroatoms. The first-order chi connectivity index (χ1) is 8.54. The second kappa shape index (κ2) is 4.69. The normalized spacial score (nSPS) is 15.5. The van der Waals surface area contributed by atoms with E-state index in [1.54, 1.807) is 6.07 Å². The van der Waals surface area contributed by atoms with Crippen molar-refractivity contribution in [3.8, 4) is 5.75 Å². The number of likely N-dealkylation sites (N-methyl/N-ethyl adjacent to an activating group) is 1. The standard InChI is InChI=1S/C15H16FNO/c1-4-17-11(3)10(2)5-8-15(17)13-7-6-12(18)9-14(13)16/h5-9,18H,3-4H2,1-2H3. The summed E-state index contributed by atoms with van der Waals surface area (Å²) in [6.07, 6.45) is 3.80. The van der Waals surface area contributed by atoms with Crippen LogP contribution in [-0.2, 0) is 0 Å². The van der Waals surface area contributed by atoms with E-state index in [0.717, 1.165) is 29.6 Å². The molecule has 0 saturated heterocycles. The number of rotatable bonds is 2. The summed E-state index contributed by atoms with van der Waals surface area (Å²) in [5.41, 5.74) is 3.19. The lowest BCUT2D eigenvalue weighted by molar-refractivity contribution is 0.467. The first-order valence-electron chi connectivity index (χ1n) is 5.89. The molecule has 1 aliphatic heterocycles. The van der Waals surface area contributed by atoms with Crippen molar-refractivity contribution in [1.82, 2.24) is 4.90 Å². The topological polar surface area (TPSA) is 23.5 Å². The first kappa shape index (κ1) is 12.4. The lowest BCUT2D eigenvalue weighted by Crippen LogP contribution is -2.23. The number of phenols is 1. The molecule has 0 atom stereocenters. The summed E-state index contributed by atoms with van der Waals surface area (Å²) >= 11 is 0. The smallest absolute Gasteiger partial charge is 0.136 e. The van der Waals surface area contributed by atoms with Crippen LogP contribution in [0, 0.1) is 5.82 Å². The molecule has 0 fully saturated rings. The molecule has 1 N–H and O–H groups in total. The van der Waals surface area contributed by atoms with E-state index in [0.29, 0.717) is 5.56 Å². The van der Waals surface area contributed by atoms with E-state index in [2.05, 4.69) is 6.58 Å². The molecule has 0 aliphatic carbocycles. The van der Waals surface area contributed by atoms with Crippen LogP contribution < -0.4 is 0 Å². The molecule has 94 valence electrons. The Morgan fingerprint density at radius 1 is 1.33 bits per heavy atom. The maximum atomic E-state index is 13.9. The molecule has 0 bridgehead atoms. The van der Waals surface area contributed by atoms with Crippen LogP contribution in [0.25, 0.3) is 5.70 Å². The molecule has 0 aromatic heterocycles. The fraction of sp³-hybridized carbons (Fsp3) is 0.200. The van der Waals surface area contributed by atoms with Crippen molar-refractivity contribution in [3.63, 3.8) is 0 Å². The van der Waals surface area contributed by atoms with Crippen molar-refractivity contribution in [2.24, 2.45) is 0 Å². The molecule has 1 aliphatic rings. The summed E-state index contributed by atoms with van der Waals surface area (Å²) in [7, 11) is 0. The molecule has 2 rings (SSSR count). The van der Waals surface area contributed by atoms with Gasteiger partial charge in [0, 0.05) is 23.9 Å². The lowest BCUT2D eigenvalue weighted by Gasteiger charge is -2.31. The van der Waals surface area contributed by atoms with E-state index in [-0.39, 0.29) is 5.75 Å². The van der Waals surface area contributed by atoms with Gasteiger partial charge >= 0.3 is 0 Å². The van der Waals surface area contributed by atoms with Crippen molar-refractivity contribution in [1.29, 1.82) is 0 Å². The Morgan fingerprint density at radius 2 is 2.06 bits per heavy atom. The van der Waals surface area contributed by atoms with Crippen molar-refractivity contribution in [3.05, 3.63) is 59.6 Å². The zero-order chi connectivity index (χ0) is 13.3. The van der Waals surface area contributed by atoms with Gasteiger partial charge in [0.25, 0.3) is 0 Å². The van der Waals surface area contributed by atoms with Gasteiger partial charge in [-0.3, -0.25) is 0 Å². The van der Waals surface area contributed by atoms with E-state index in [9.17, 15) is 9.50 Å². The van der Waals surface area contributed by atoms with Gasteiger partial charge in [-0.05, 0) is 37.6 Å². The summed E-state index contributed by atoms with van der Waals surface area (Å²) in [4.78, 5) is 1.96. The molecule has 0 radical (unpaired) electrons. The van der Waals surface area contributed by atoms with Crippen LogP contribution in [0.2, 0.25) is 0 Å². The molecule has 0 saturated carbocycles. The highest BCUT2D eigenvalue weighted by Gasteiger charge is 2.19. The highest BCUT2D eigenvalue weighted by atomic mass is 19.1. The van der Waals surface area contributed by atoms with Gasteiger partial charge in [-0.25, -0.2) is 4.39 Å². The molecule has 1 aromatic carbocycles. The SMILES string of the molecule is C=C1C(C)=CC=C(c2ccc(O)cc2F)N1CC. The Balaban J connectivity index is 2.52. The van der Waals surface area contributed by atoms with Gasteiger partial charge in [-0.2, -0.15) is 0 Å². The first-order valence-corrected chi connectivity index (χ1v) is 5.89. The third kappa shape index (κ3) is 2.04. The van der Waals surface area contributed by atoms with Crippen LogP contribution in [0.5, 0.6) is 5.75 Å². The molecule has 1 aromatic rings. The molecule has 1 heterocycles. The van der Waals surface area contributed by atoms with Crippen LogP contribution in [0.3, 0.4) is 0 Å². The van der Waals surface area contributed by atoms with E-state index < -0.39 is 5.82 Å². The fourth-order valence-corrected chi connectivity index (χ4v) is 2.06. The third-order valence-electron chi connectivity index (χ3n) is 3.11. The Hall–Kier alpha value is -2.03. The van der Waals surface area contributed by atoms with E-state index in [1.165, 1.54) is 6.07 Å². The van der Waals surface area contributed by atoms with E-state index in [1.807, 2.05) is 30.9 Å². The molecular formula is C15H16FNO. The summed E-state index contributed by atoms with van der Waals surface area (Å²) in [6.45, 7) is 8.71. The number of hydrogen-bond donors (Lipinski definition) is 1. The molecule has 18 heavy (non-hydrogen) atoms. The van der Waals surface area contributed by atoms with Gasteiger partial charge in [0.05, 0.1) is 5.70 Å². The zero-order valence-electron chi connectivity index (χ0n) is 10.6. The molecule has 0 unspecified atom stereocenters. The summed E-state index contributed by atoms with van der Waals surface area (Å²) in [5, 5.41) is 9.25. The number of phenolic OH excluding ortho intramolecular Hbond substituents is 1.